The van der Waals surface area contributed by atoms with Crippen LogP contribution in [0.15, 0.2) is 65.6 Å². The zero-order chi connectivity index (χ0) is 19.9. The lowest BCUT2D eigenvalue weighted by Gasteiger charge is -2.39. The number of rotatable bonds is 9. The first kappa shape index (κ1) is 21.0. The number of aliphatic hydroxyl groups is 1. The summed E-state index contributed by atoms with van der Waals surface area (Å²) in [6.07, 6.45) is 5.31. The molecule has 0 spiro atoms. The minimum absolute atomic E-state index is 0.141. The molecule has 1 saturated carbocycles. The van der Waals surface area contributed by atoms with Crippen LogP contribution >= 0.6 is 0 Å². The fraction of sp³-hybridized carbons (Fsp3) is 0.429. The fourth-order valence-corrected chi connectivity index (χ4v) is 4.87. The number of nitrogens with one attached hydrogen (secondary N) is 3. The van der Waals surface area contributed by atoms with Gasteiger partial charge >= 0.3 is 0 Å². The van der Waals surface area contributed by atoms with Crippen molar-refractivity contribution in [2.75, 3.05) is 6.61 Å². The van der Waals surface area contributed by atoms with Crippen molar-refractivity contribution in [2.24, 2.45) is 0 Å². The Morgan fingerprint density at radius 3 is 2.14 bits per heavy atom. The minimum atomic E-state index is -3.82. The molecule has 1 aliphatic rings. The zero-order valence-electron chi connectivity index (χ0n) is 16.0. The molecule has 1 fully saturated rings. The molecule has 28 heavy (non-hydrogen) atoms. The monoisotopic (exact) mass is 403 g/mol. The molecule has 0 aromatic heterocycles. The average Bonchev–Trinajstić information content (AvgIpc) is 2.74. The van der Waals surface area contributed by atoms with Crippen molar-refractivity contribution in [3.8, 4) is 0 Å². The lowest BCUT2D eigenvalue weighted by atomic mass is 9.95. The molecule has 0 bridgehead atoms. The van der Waals surface area contributed by atoms with Crippen molar-refractivity contribution >= 4 is 10.0 Å². The van der Waals surface area contributed by atoms with E-state index >= 15 is 0 Å². The van der Waals surface area contributed by atoms with Crippen LogP contribution in [0.5, 0.6) is 0 Å². The second kappa shape index (κ2) is 9.62. The van der Waals surface area contributed by atoms with E-state index in [1.807, 2.05) is 30.3 Å². The van der Waals surface area contributed by atoms with E-state index in [0.29, 0.717) is 6.54 Å². The van der Waals surface area contributed by atoms with Gasteiger partial charge in [-0.3, -0.25) is 10.6 Å². The summed E-state index contributed by atoms with van der Waals surface area (Å²) in [5.41, 5.74) is 1.00. The topological polar surface area (TPSA) is 90.5 Å². The molecule has 0 radical (unpaired) electrons. The van der Waals surface area contributed by atoms with Gasteiger partial charge in [-0.05, 0) is 30.5 Å². The highest BCUT2D eigenvalue weighted by molar-refractivity contribution is 7.89. The van der Waals surface area contributed by atoms with Crippen molar-refractivity contribution in [3.05, 3.63) is 66.2 Å². The van der Waals surface area contributed by atoms with E-state index in [-0.39, 0.29) is 10.9 Å². The molecule has 0 amide bonds. The van der Waals surface area contributed by atoms with Crippen LogP contribution in [-0.2, 0) is 16.6 Å². The van der Waals surface area contributed by atoms with Crippen molar-refractivity contribution in [3.63, 3.8) is 0 Å². The molecule has 0 aliphatic heterocycles. The third kappa shape index (κ3) is 5.62. The quantitative estimate of drug-likeness (QED) is 0.483. The Morgan fingerprint density at radius 1 is 0.929 bits per heavy atom. The summed E-state index contributed by atoms with van der Waals surface area (Å²) in [7, 11) is -3.82. The van der Waals surface area contributed by atoms with Gasteiger partial charge in [0.05, 0.1) is 11.5 Å². The summed E-state index contributed by atoms with van der Waals surface area (Å²) in [5.74, 6) is -1.34. The predicted molar refractivity (Wildman–Crippen MR) is 110 cm³/mol. The fourth-order valence-electron chi connectivity index (χ4n) is 3.58. The Balaban J connectivity index is 1.83. The highest BCUT2D eigenvalue weighted by atomic mass is 32.2. The molecule has 6 nitrogen and oxygen atoms in total. The third-order valence-corrected chi connectivity index (χ3v) is 6.60. The molecule has 0 saturated heterocycles. The first-order valence-corrected chi connectivity index (χ1v) is 11.3. The summed E-state index contributed by atoms with van der Waals surface area (Å²) in [4.78, 5) is 0.166. The van der Waals surface area contributed by atoms with Crippen LogP contribution in [0.2, 0.25) is 0 Å². The van der Waals surface area contributed by atoms with Crippen molar-refractivity contribution in [1.29, 1.82) is 0 Å². The SMILES string of the molecule is O=S(=O)(NC(CO)(NCc1ccccc1)NC1CCCCC1)c1ccccc1. The number of sulfonamides is 1. The molecule has 1 aliphatic carbocycles. The van der Waals surface area contributed by atoms with Crippen molar-refractivity contribution in [2.45, 2.75) is 55.4 Å². The molecular weight excluding hydrogens is 374 g/mol. The summed E-state index contributed by atoms with van der Waals surface area (Å²) in [6.45, 7) is 0.000820. The van der Waals surface area contributed by atoms with Crippen LogP contribution in [0, 0.1) is 0 Å². The molecule has 2 aromatic carbocycles. The van der Waals surface area contributed by atoms with Gasteiger partial charge in [0.15, 0.2) is 5.79 Å². The highest BCUT2D eigenvalue weighted by Gasteiger charge is 2.36. The average molecular weight is 404 g/mol. The molecular formula is C21H29N3O3S. The Bertz CT molecular complexity index is 824. The van der Waals surface area contributed by atoms with E-state index in [1.165, 1.54) is 6.42 Å². The van der Waals surface area contributed by atoms with Gasteiger partial charge in [0.1, 0.15) is 0 Å². The maximum absolute atomic E-state index is 13.0. The second-order valence-corrected chi connectivity index (χ2v) is 8.98. The predicted octanol–water partition coefficient (Wildman–Crippen LogP) is 2.32. The smallest absolute Gasteiger partial charge is 0.243 e. The third-order valence-electron chi connectivity index (χ3n) is 5.09. The Hall–Kier alpha value is -1.77. The van der Waals surface area contributed by atoms with E-state index in [4.69, 9.17) is 0 Å². The second-order valence-electron chi connectivity index (χ2n) is 7.30. The van der Waals surface area contributed by atoms with E-state index < -0.39 is 22.4 Å². The summed E-state index contributed by atoms with van der Waals surface area (Å²) < 4.78 is 28.6. The van der Waals surface area contributed by atoms with Crippen LogP contribution in [-0.4, -0.2) is 32.0 Å². The zero-order valence-corrected chi connectivity index (χ0v) is 16.8. The lowest BCUT2D eigenvalue weighted by molar-refractivity contribution is 0.0948. The van der Waals surface area contributed by atoms with Gasteiger partial charge < -0.3 is 5.11 Å². The standard InChI is InChI=1S/C21H29N3O3S/c25-17-21(23-19-12-6-2-7-13-19,22-16-18-10-4-1-5-11-18)24-28(26,27)20-14-8-3-9-15-20/h1,3-5,8-11,14-15,19,22-25H,2,6-7,12-13,16-17H2. The van der Waals surface area contributed by atoms with E-state index in [1.54, 1.807) is 30.3 Å². The highest BCUT2D eigenvalue weighted by Crippen LogP contribution is 2.20. The van der Waals surface area contributed by atoms with Crippen LogP contribution in [0.3, 0.4) is 0 Å². The van der Waals surface area contributed by atoms with Gasteiger partial charge in [0.25, 0.3) is 0 Å². The van der Waals surface area contributed by atoms with Crippen molar-refractivity contribution in [1.82, 2.24) is 15.4 Å². The molecule has 152 valence electrons. The van der Waals surface area contributed by atoms with Gasteiger partial charge in [-0.25, -0.2) is 8.42 Å². The van der Waals surface area contributed by atoms with Crippen LogP contribution < -0.4 is 15.4 Å². The maximum atomic E-state index is 13.0. The Kier molecular flexibility index (Phi) is 7.20. The Labute approximate surface area is 167 Å². The van der Waals surface area contributed by atoms with E-state index in [0.717, 1.165) is 31.2 Å². The summed E-state index contributed by atoms with van der Waals surface area (Å²) in [5, 5.41) is 16.8. The maximum Gasteiger partial charge on any atom is 0.243 e. The molecule has 4 N–H and O–H groups in total. The van der Waals surface area contributed by atoms with Gasteiger partial charge in [-0.15, -0.1) is 0 Å². The lowest BCUT2D eigenvalue weighted by Crippen LogP contribution is -2.71. The van der Waals surface area contributed by atoms with E-state index in [9.17, 15) is 13.5 Å². The summed E-state index contributed by atoms with van der Waals surface area (Å²) >= 11 is 0. The number of benzene rings is 2. The molecule has 2 aromatic rings. The van der Waals surface area contributed by atoms with Gasteiger partial charge in [-0.2, -0.15) is 4.72 Å². The Morgan fingerprint density at radius 2 is 1.54 bits per heavy atom. The molecule has 1 unspecified atom stereocenters. The van der Waals surface area contributed by atoms with Crippen LogP contribution in [0.25, 0.3) is 0 Å². The minimum Gasteiger partial charge on any atom is -0.392 e. The molecule has 3 rings (SSSR count). The normalized spacial score (nSPS) is 17.9. The number of aliphatic hydroxyl groups excluding tert-OH is 1. The number of hydrogen-bond acceptors (Lipinski definition) is 5. The molecule has 1 atom stereocenters. The first-order valence-electron chi connectivity index (χ1n) is 9.80. The van der Waals surface area contributed by atoms with Gasteiger partial charge in [0.2, 0.25) is 10.0 Å². The van der Waals surface area contributed by atoms with Gasteiger partial charge in [0, 0.05) is 12.6 Å². The molecule has 0 heterocycles. The van der Waals surface area contributed by atoms with Gasteiger partial charge in [-0.1, -0.05) is 67.8 Å². The number of hydrogen-bond donors (Lipinski definition) is 4. The van der Waals surface area contributed by atoms with E-state index in [2.05, 4.69) is 15.4 Å². The van der Waals surface area contributed by atoms with Crippen LogP contribution in [0.1, 0.15) is 37.7 Å². The van der Waals surface area contributed by atoms with Crippen LogP contribution in [0.4, 0.5) is 0 Å². The first-order chi connectivity index (χ1) is 13.5. The molecule has 7 heteroatoms. The largest absolute Gasteiger partial charge is 0.392 e. The van der Waals surface area contributed by atoms with Crippen molar-refractivity contribution < 1.29 is 13.5 Å². The summed E-state index contributed by atoms with van der Waals surface area (Å²) in [6, 6.07) is 18.1.